The number of hydrogen-bond donors (Lipinski definition) is 3. The van der Waals surface area contributed by atoms with Gasteiger partial charge in [-0.05, 0) is 81.5 Å². The van der Waals surface area contributed by atoms with Crippen molar-refractivity contribution in [2.45, 2.75) is 97.8 Å². The molecule has 162 valence electrons. The molecule has 2 saturated carbocycles. The maximum atomic E-state index is 12.3. The molecular formula is C23H40O5. The first-order valence-corrected chi connectivity index (χ1v) is 11.2. The number of aliphatic carboxylic acids is 2. The van der Waals surface area contributed by atoms with E-state index in [9.17, 15) is 24.9 Å². The van der Waals surface area contributed by atoms with E-state index in [0.717, 1.165) is 38.5 Å². The van der Waals surface area contributed by atoms with E-state index in [4.69, 9.17) is 0 Å². The molecule has 2 fully saturated rings. The summed E-state index contributed by atoms with van der Waals surface area (Å²) >= 11 is 0. The second kappa shape index (κ2) is 9.15. The average molecular weight is 397 g/mol. The first-order chi connectivity index (χ1) is 13.1. The molecule has 0 aromatic heterocycles. The molecule has 0 amide bonds. The van der Waals surface area contributed by atoms with Gasteiger partial charge in [0.2, 0.25) is 0 Å². The van der Waals surface area contributed by atoms with E-state index in [1.165, 1.54) is 0 Å². The first kappa shape index (κ1) is 23.2. The maximum absolute atomic E-state index is 12.3. The van der Waals surface area contributed by atoms with Crippen LogP contribution in [-0.4, -0.2) is 33.9 Å². The smallest absolute Gasteiger partial charge is 0.309 e. The Balaban J connectivity index is 2.20. The van der Waals surface area contributed by atoms with Crippen LogP contribution in [0.2, 0.25) is 0 Å². The van der Waals surface area contributed by atoms with E-state index in [1.54, 1.807) is 0 Å². The Morgan fingerprint density at radius 2 is 1.14 bits per heavy atom. The zero-order valence-electron chi connectivity index (χ0n) is 18.0. The predicted octanol–water partition coefficient (Wildman–Crippen LogP) is 5.11. The van der Waals surface area contributed by atoms with Gasteiger partial charge in [0.05, 0.1) is 10.8 Å². The topological polar surface area (TPSA) is 94.8 Å². The van der Waals surface area contributed by atoms with Gasteiger partial charge < -0.3 is 15.3 Å². The lowest BCUT2D eigenvalue weighted by Gasteiger charge is -2.46. The number of carbonyl (C=O) groups is 2. The Bertz CT molecular complexity index is 495. The van der Waals surface area contributed by atoms with Gasteiger partial charge in [0.15, 0.2) is 0 Å². The van der Waals surface area contributed by atoms with Crippen molar-refractivity contribution in [3.8, 4) is 0 Å². The number of hydrogen-bond acceptors (Lipinski definition) is 3. The van der Waals surface area contributed by atoms with Gasteiger partial charge in [-0.2, -0.15) is 0 Å². The molecule has 3 N–H and O–H groups in total. The summed E-state index contributed by atoms with van der Waals surface area (Å²) in [5.41, 5.74) is -2.35. The zero-order valence-corrected chi connectivity index (χ0v) is 18.0. The molecule has 5 nitrogen and oxygen atoms in total. The van der Waals surface area contributed by atoms with E-state index in [0.29, 0.717) is 50.4 Å². The van der Waals surface area contributed by atoms with Gasteiger partial charge in [0.25, 0.3) is 0 Å². The molecule has 0 atom stereocenters. The van der Waals surface area contributed by atoms with Crippen molar-refractivity contribution in [1.82, 2.24) is 0 Å². The highest BCUT2D eigenvalue weighted by atomic mass is 16.4. The molecule has 0 spiro atoms. The summed E-state index contributed by atoms with van der Waals surface area (Å²) in [7, 11) is 0. The standard InChI is InChI=1S/C23H40O5/c1-4-17-6-10-22(11-7-17,19(25)26)14-21(3,16-24)15-23(20(27)28)12-8-18(5-2)9-13-23/h17-18,24H,4-16H2,1-3H3,(H,25,26)(H,27,28). The van der Waals surface area contributed by atoms with Gasteiger partial charge in [-0.15, -0.1) is 0 Å². The maximum Gasteiger partial charge on any atom is 0.309 e. The van der Waals surface area contributed by atoms with Gasteiger partial charge in [-0.3, -0.25) is 9.59 Å². The van der Waals surface area contributed by atoms with Gasteiger partial charge in [-0.1, -0.05) is 33.6 Å². The molecule has 2 rings (SSSR count). The van der Waals surface area contributed by atoms with Gasteiger partial charge >= 0.3 is 11.9 Å². The van der Waals surface area contributed by atoms with Crippen molar-refractivity contribution >= 4 is 11.9 Å². The molecule has 2 aliphatic carbocycles. The Kier molecular flexibility index (Phi) is 7.57. The summed E-state index contributed by atoms with van der Waals surface area (Å²) < 4.78 is 0. The highest BCUT2D eigenvalue weighted by Crippen LogP contribution is 2.53. The lowest BCUT2D eigenvalue weighted by atomic mass is 9.57. The number of rotatable bonds is 9. The SMILES string of the molecule is CCC1CCC(CC(C)(CO)CC2(C(=O)O)CCC(CC)CC2)(C(=O)O)CC1. The van der Waals surface area contributed by atoms with Crippen molar-refractivity contribution in [3.63, 3.8) is 0 Å². The highest BCUT2D eigenvalue weighted by Gasteiger charge is 2.51. The first-order valence-electron chi connectivity index (χ1n) is 11.2. The van der Waals surface area contributed by atoms with Crippen molar-refractivity contribution < 1.29 is 24.9 Å². The number of aliphatic hydroxyl groups excluding tert-OH is 1. The third-order valence-electron chi connectivity index (χ3n) is 8.10. The fourth-order valence-corrected chi connectivity index (χ4v) is 6.02. The fraction of sp³-hybridized carbons (Fsp3) is 0.913. The van der Waals surface area contributed by atoms with Crippen LogP contribution >= 0.6 is 0 Å². The van der Waals surface area contributed by atoms with Gasteiger partial charge in [0, 0.05) is 6.61 Å². The monoisotopic (exact) mass is 396 g/mol. The molecular weight excluding hydrogens is 356 g/mol. The van der Waals surface area contributed by atoms with E-state index in [2.05, 4.69) is 13.8 Å². The van der Waals surface area contributed by atoms with E-state index in [1.807, 2.05) is 6.92 Å². The predicted molar refractivity (Wildman–Crippen MR) is 109 cm³/mol. The molecule has 0 heterocycles. The van der Waals surface area contributed by atoms with Crippen LogP contribution in [-0.2, 0) is 9.59 Å². The number of carboxylic acids is 2. The number of carboxylic acid groups (broad SMARTS) is 2. The zero-order chi connectivity index (χ0) is 21.0. The van der Waals surface area contributed by atoms with Crippen LogP contribution in [0.25, 0.3) is 0 Å². The second-order valence-corrected chi connectivity index (χ2v) is 10.2. The molecule has 0 aliphatic heterocycles. The van der Waals surface area contributed by atoms with Crippen LogP contribution < -0.4 is 0 Å². The van der Waals surface area contributed by atoms with Crippen LogP contribution in [0.3, 0.4) is 0 Å². The lowest BCUT2D eigenvalue weighted by molar-refractivity contribution is -0.159. The molecule has 0 saturated heterocycles. The minimum atomic E-state index is -0.830. The molecule has 0 aromatic rings. The highest BCUT2D eigenvalue weighted by molar-refractivity contribution is 5.76. The molecule has 28 heavy (non-hydrogen) atoms. The van der Waals surface area contributed by atoms with Crippen LogP contribution in [0.4, 0.5) is 0 Å². The third-order valence-corrected chi connectivity index (χ3v) is 8.10. The van der Waals surface area contributed by atoms with Gasteiger partial charge in [-0.25, -0.2) is 0 Å². The summed E-state index contributed by atoms with van der Waals surface area (Å²) in [5.74, 6) is -0.383. The largest absolute Gasteiger partial charge is 0.481 e. The van der Waals surface area contributed by atoms with Crippen LogP contribution in [0.1, 0.15) is 97.8 Å². The average Bonchev–Trinajstić information content (AvgIpc) is 2.68. The van der Waals surface area contributed by atoms with Crippen molar-refractivity contribution in [2.75, 3.05) is 6.61 Å². The van der Waals surface area contributed by atoms with E-state index in [-0.39, 0.29) is 6.61 Å². The fourth-order valence-electron chi connectivity index (χ4n) is 6.02. The van der Waals surface area contributed by atoms with Crippen LogP contribution in [0, 0.1) is 28.1 Å². The minimum Gasteiger partial charge on any atom is -0.481 e. The number of aliphatic hydroxyl groups is 1. The summed E-state index contributed by atoms with van der Waals surface area (Å²) in [6.45, 7) is 6.05. The van der Waals surface area contributed by atoms with Crippen molar-refractivity contribution in [3.05, 3.63) is 0 Å². The molecule has 2 aliphatic rings. The molecule has 5 heteroatoms. The van der Waals surface area contributed by atoms with E-state index < -0.39 is 28.2 Å². The van der Waals surface area contributed by atoms with Crippen LogP contribution in [0.5, 0.6) is 0 Å². The second-order valence-electron chi connectivity index (χ2n) is 10.2. The Morgan fingerprint density at radius 1 is 0.821 bits per heavy atom. The Morgan fingerprint density at radius 3 is 1.36 bits per heavy atom. The van der Waals surface area contributed by atoms with E-state index >= 15 is 0 Å². The summed E-state index contributed by atoms with van der Waals surface area (Å²) in [5, 5.41) is 30.4. The van der Waals surface area contributed by atoms with Crippen molar-refractivity contribution in [2.24, 2.45) is 28.1 Å². The normalized spacial score (nSPS) is 35.9. The molecule has 0 unspecified atom stereocenters. The molecule has 0 bridgehead atoms. The Hall–Kier alpha value is -1.10. The third kappa shape index (κ3) is 4.90. The Labute approximate surface area is 169 Å². The summed E-state index contributed by atoms with van der Waals surface area (Å²) in [6.07, 6.45) is 9.06. The summed E-state index contributed by atoms with van der Waals surface area (Å²) in [6, 6.07) is 0. The van der Waals surface area contributed by atoms with Gasteiger partial charge in [0.1, 0.15) is 0 Å². The molecule has 0 radical (unpaired) electrons. The van der Waals surface area contributed by atoms with Crippen molar-refractivity contribution in [1.29, 1.82) is 0 Å². The quantitative estimate of drug-likeness (QED) is 0.503. The minimum absolute atomic E-state index is 0.161. The van der Waals surface area contributed by atoms with Crippen LogP contribution in [0.15, 0.2) is 0 Å². The summed E-state index contributed by atoms with van der Waals surface area (Å²) in [4.78, 5) is 24.5. The lowest BCUT2D eigenvalue weighted by Crippen LogP contribution is -2.46. The molecule has 0 aromatic carbocycles.